The van der Waals surface area contributed by atoms with Gasteiger partial charge in [0, 0.05) is 16.7 Å². The van der Waals surface area contributed by atoms with E-state index in [1.165, 1.54) is 0 Å². The Morgan fingerprint density at radius 1 is 1.00 bits per heavy atom. The van der Waals surface area contributed by atoms with Crippen LogP contribution in [0.5, 0.6) is 0 Å². The van der Waals surface area contributed by atoms with Crippen LogP contribution in [-0.4, -0.2) is 29.5 Å². The molecule has 2 aromatic rings. The van der Waals surface area contributed by atoms with E-state index in [1.54, 1.807) is 0 Å². The Kier molecular flexibility index (Phi) is 3.52. The van der Waals surface area contributed by atoms with Crippen LogP contribution >= 0.6 is 11.6 Å². The number of nitro groups is 1. The highest BCUT2D eigenvalue weighted by Crippen LogP contribution is 2.37. The van der Waals surface area contributed by atoms with Crippen LogP contribution in [0.1, 0.15) is 31.8 Å². The number of fused-ring (bicyclic) bond motifs is 2. The van der Waals surface area contributed by atoms with Crippen molar-refractivity contribution in [2.75, 3.05) is 0 Å². The molecule has 0 unspecified atom stereocenters. The molecule has 0 heterocycles. The zero-order chi connectivity index (χ0) is 17.8. The molecule has 2 aromatic carbocycles. The summed E-state index contributed by atoms with van der Waals surface area (Å²) in [6.45, 7) is 0. The summed E-state index contributed by atoms with van der Waals surface area (Å²) in [7, 11) is -4.58. The topological polar surface area (TPSA) is 132 Å². The molecule has 0 saturated heterocycles. The molecule has 0 radical (unpaired) electrons. The van der Waals surface area contributed by atoms with Gasteiger partial charge in [0.05, 0.1) is 9.82 Å². The third-order valence-corrected chi connectivity index (χ3v) is 4.72. The second-order valence-corrected chi connectivity index (χ2v) is 6.75. The molecule has 1 aliphatic rings. The fourth-order valence-corrected chi connectivity index (χ4v) is 3.25. The second-order valence-electron chi connectivity index (χ2n) is 4.92. The molecule has 0 fully saturated rings. The molecule has 10 heteroatoms. The van der Waals surface area contributed by atoms with Gasteiger partial charge in [0.2, 0.25) is 5.78 Å². The predicted molar refractivity (Wildman–Crippen MR) is 81.2 cm³/mol. The van der Waals surface area contributed by atoms with E-state index < -0.39 is 42.8 Å². The number of nitro benzene ring substituents is 1. The summed E-state index contributed by atoms with van der Waals surface area (Å²) in [5, 5.41) is 10.9. The number of rotatable bonds is 2. The Labute approximate surface area is 139 Å². The number of benzene rings is 2. The molecule has 1 N–H and O–H groups in total. The first-order chi connectivity index (χ1) is 11.1. The zero-order valence-corrected chi connectivity index (χ0v) is 13.1. The van der Waals surface area contributed by atoms with Gasteiger partial charge in [-0.15, -0.1) is 0 Å². The van der Waals surface area contributed by atoms with Gasteiger partial charge in [0.25, 0.3) is 15.8 Å². The summed E-state index contributed by atoms with van der Waals surface area (Å²) in [6.07, 6.45) is 0. The molecule has 0 aliphatic heterocycles. The normalized spacial score (nSPS) is 13.4. The Balaban J connectivity index is 2.34. The maximum absolute atomic E-state index is 12.6. The minimum atomic E-state index is -4.58. The number of hydrogen-bond donors (Lipinski definition) is 1. The average molecular weight is 368 g/mol. The van der Waals surface area contributed by atoms with Crippen molar-refractivity contribution in [2.24, 2.45) is 0 Å². The van der Waals surface area contributed by atoms with Crippen molar-refractivity contribution >= 4 is 39.0 Å². The van der Waals surface area contributed by atoms with Crippen LogP contribution in [0.3, 0.4) is 0 Å². The molecule has 122 valence electrons. The third kappa shape index (κ3) is 2.30. The molecule has 0 amide bonds. The number of carbonyl (C=O) groups excluding carboxylic acids is 2. The first-order valence-electron chi connectivity index (χ1n) is 6.30. The van der Waals surface area contributed by atoms with Gasteiger partial charge in [-0.25, -0.2) is 0 Å². The van der Waals surface area contributed by atoms with E-state index in [4.69, 9.17) is 16.2 Å². The van der Waals surface area contributed by atoms with Gasteiger partial charge >= 0.3 is 0 Å². The summed E-state index contributed by atoms with van der Waals surface area (Å²) in [5.74, 6) is -1.60. The van der Waals surface area contributed by atoms with Gasteiger partial charge in [-0.05, 0) is 30.3 Å². The van der Waals surface area contributed by atoms with E-state index in [0.29, 0.717) is 0 Å². The molecule has 24 heavy (non-hydrogen) atoms. The standard InChI is InChI=1S/C14H6ClNO7S/c15-10-4-3-8-11(12(10)16(19)20)14(18)7-2-1-6(24(21,22)23)5-9(7)13(8)17/h1-5H,(H,21,22,23). The lowest BCUT2D eigenvalue weighted by Gasteiger charge is -2.18. The van der Waals surface area contributed by atoms with Crippen LogP contribution in [0.2, 0.25) is 5.02 Å². The van der Waals surface area contributed by atoms with Crippen molar-refractivity contribution in [1.82, 2.24) is 0 Å². The van der Waals surface area contributed by atoms with Crippen LogP contribution in [0.15, 0.2) is 35.2 Å². The summed E-state index contributed by atoms with van der Waals surface area (Å²) in [6, 6.07) is 5.08. The van der Waals surface area contributed by atoms with Gasteiger partial charge in [0.1, 0.15) is 10.6 Å². The van der Waals surface area contributed by atoms with E-state index in [-0.39, 0.29) is 21.7 Å². The van der Waals surface area contributed by atoms with E-state index >= 15 is 0 Å². The maximum atomic E-state index is 12.6. The Morgan fingerprint density at radius 2 is 1.62 bits per heavy atom. The molecule has 0 bridgehead atoms. The van der Waals surface area contributed by atoms with Crippen molar-refractivity contribution in [3.63, 3.8) is 0 Å². The smallest absolute Gasteiger partial charge is 0.289 e. The fourth-order valence-electron chi connectivity index (χ4n) is 2.51. The van der Waals surface area contributed by atoms with Gasteiger partial charge < -0.3 is 0 Å². The SMILES string of the molecule is O=C1c2cc(S(=O)(=O)O)ccc2C(=O)c2c1ccc(Cl)c2[N+](=O)[O-]. The molecule has 0 aromatic heterocycles. The largest absolute Gasteiger partial charge is 0.299 e. The van der Waals surface area contributed by atoms with Crippen LogP contribution in [0.4, 0.5) is 5.69 Å². The van der Waals surface area contributed by atoms with Gasteiger partial charge in [0.15, 0.2) is 5.78 Å². The monoisotopic (exact) mass is 367 g/mol. The number of nitrogens with zero attached hydrogens (tertiary/aromatic N) is 1. The van der Waals surface area contributed by atoms with E-state index in [2.05, 4.69) is 0 Å². The summed E-state index contributed by atoms with van der Waals surface area (Å²) < 4.78 is 31.4. The quantitative estimate of drug-likeness (QED) is 0.417. The van der Waals surface area contributed by atoms with E-state index in [9.17, 15) is 28.1 Å². The highest BCUT2D eigenvalue weighted by molar-refractivity contribution is 7.85. The molecule has 3 rings (SSSR count). The first kappa shape index (κ1) is 16.2. The predicted octanol–water partition coefficient (Wildman–Crippen LogP) is 2.27. The third-order valence-electron chi connectivity index (χ3n) is 3.56. The van der Waals surface area contributed by atoms with Crippen molar-refractivity contribution in [1.29, 1.82) is 0 Å². The number of hydrogen-bond acceptors (Lipinski definition) is 6. The molecule has 0 spiro atoms. The fraction of sp³-hybridized carbons (Fsp3) is 0. The van der Waals surface area contributed by atoms with Crippen LogP contribution in [0.25, 0.3) is 0 Å². The van der Waals surface area contributed by atoms with Crippen LogP contribution in [0, 0.1) is 10.1 Å². The molecule has 0 atom stereocenters. The Hall–Kier alpha value is -2.62. The maximum Gasteiger partial charge on any atom is 0.299 e. The van der Waals surface area contributed by atoms with Crippen LogP contribution in [-0.2, 0) is 10.1 Å². The summed E-state index contributed by atoms with van der Waals surface area (Å²) in [4.78, 5) is 34.9. The van der Waals surface area contributed by atoms with Gasteiger partial charge in [-0.3, -0.25) is 24.3 Å². The number of ketones is 2. The number of carbonyl (C=O) groups is 2. The van der Waals surface area contributed by atoms with E-state index in [0.717, 1.165) is 30.3 Å². The summed E-state index contributed by atoms with van der Waals surface area (Å²) >= 11 is 5.76. The highest BCUT2D eigenvalue weighted by atomic mass is 35.5. The van der Waals surface area contributed by atoms with Crippen molar-refractivity contribution in [3.05, 3.63) is 67.7 Å². The van der Waals surface area contributed by atoms with E-state index in [1.807, 2.05) is 0 Å². The van der Waals surface area contributed by atoms with Crippen molar-refractivity contribution in [3.8, 4) is 0 Å². The number of halogens is 1. The van der Waals surface area contributed by atoms with Gasteiger partial charge in [-0.2, -0.15) is 8.42 Å². The Bertz CT molecular complexity index is 1060. The molecule has 0 saturated carbocycles. The lowest BCUT2D eigenvalue weighted by atomic mass is 9.83. The lowest BCUT2D eigenvalue weighted by Crippen LogP contribution is -2.23. The minimum absolute atomic E-state index is 0.203. The zero-order valence-electron chi connectivity index (χ0n) is 11.5. The first-order valence-corrected chi connectivity index (χ1v) is 8.12. The van der Waals surface area contributed by atoms with Gasteiger partial charge in [-0.1, -0.05) is 11.6 Å². The Morgan fingerprint density at radius 3 is 2.21 bits per heavy atom. The molecule has 8 nitrogen and oxygen atoms in total. The minimum Gasteiger partial charge on any atom is -0.289 e. The summed E-state index contributed by atoms with van der Waals surface area (Å²) in [5.41, 5.74) is -1.85. The molecular formula is C14H6ClNO7S. The molecular weight excluding hydrogens is 362 g/mol. The molecule has 1 aliphatic carbocycles. The van der Waals surface area contributed by atoms with Crippen molar-refractivity contribution in [2.45, 2.75) is 4.90 Å². The lowest BCUT2D eigenvalue weighted by molar-refractivity contribution is -0.385. The van der Waals surface area contributed by atoms with Crippen molar-refractivity contribution < 1.29 is 27.5 Å². The average Bonchev–Trinajstić information content (AvgIpc) is 2.50. The second kappa shape index (κ2) is 5.20. The highest BCUT2D eigenvalue weighted by Gasteiger charge is 2.37. The van der Waals surface area contributed by atoms with Crippen LogP contribution < -0.4 is 0 Å².